The Hall–Kier alpha value is -3.98. The van der Waals surface area contributed by atoms with Crippen LogP contribution in [0.25, 0.3) is 22.2 Å². The lowest BCUT2D eigenvalue weighted by Gasteiger charge is -2.10. The number of aromatic nitrogens is 3. The number of benzene rings is 2. The third-order valence-corrected chi connectivity index (χ3v) is 5.52. The summed E-state index contributed by atoms with van der Waals surface area (Å²) in [5.41, 5.74) is 5.54. The molecule has 2 heterocycles. The van der Waals surface area contributed by atoms with Crippen molar-refractivity contribution in [1.29, 1.82) is 5.26 Å². The zero-order valence-electron chi connectivity index (χ0n) is 18.3. The second kappa shape index (κ2) is 9.03. The summed E-state index contributed by atoms with van der Waals surface area (Å²) >= 11 is 0. The quantitative estimate of drug-likeness (QED) is 0.448. The number of nitrogens with one attached hydrogen (secondary N) is 1. The Labute approximate surface area is 186 Å². The van der Waals surface area contributed by atoms with Gasteiger partial charge in [0.1, 0.15) is 5.75 Å². The van der Waals surface area contributed by atoms with Gasteiger partial charge in [0.25, 0.3) is 0 Å². The second-order valence-corrected chi connectivity index (χ2v) is 7.79. The summed E-state index contributed by atoms with van der Waals surface area (Å²) in [5.74, 6) is -0.0806. The molecule has 1 atom stereocenters. The lowest BCUT2D eigenvalue weighted by atomic mass is 9.95. The van der Waals surface area contributed by atoms with E-state index in [1.54, 1.807) is 7.11 Å². The molecule has 0 amide bonds. The molecule has 1 unspecified atom stereocenters. The van der Waals surface area contributed by atoms with E-state index >= 15 is 0 Å². The molecule has 0 bridgehead atoms. The van der Waals surface area contributed by atoms with E-state index < -0.39 is 5.92 Å². The Morgan fingerprint density at radius 1 is 1.09 bits per heavy atom. The van der Waals surface area contributed by atoms with Gasteiger partial charge in [0.15, 0.2) is 17.5 Å². The van der Waals surface area contributed by atoms with E-state index in [9.17, 15) is 10.1 Å². The van der Waals surface area contributed by atoms with Crippen molar-refractivity contribution in [3.05, 3.63) is 77.4 Å². The van der Waals surface area contributed by atoms with Crippen molar-refractivity contribution in [2.24, 2.45) is 0 Å². The summed E-state index contributed by atoms with van der Waals surface area (Å²) in [7, 11) is 1.64. The van der Waals surface area contributed by atoms with E-state index in [0.29, 0.717) is 6.42 Å². The molecule has 160 valence electrons. The Bertz CT molecular complexity index is 1300. The summed E-state index contributed by atoms with van der Waals surface area (Å²) in [6, 6.07) is 19.8. The van der Waals surface area contributed by atoms with Crippen molar-refractivity contribution >= 4 is 16.7 Å². The molecule has 0 saturated heterocycles. The van der Waals surface area contributed by atoms with E-state index in [4.69, 9.17) is 4.74 Å². The van der Waals surface area contributed by atoms with Crippen LogP contribution in [0, 0.1) is 25.2 Å². The van der Waals surface area contributed by atoms with Gasteiger partial charge >= 0.3 is 0 Å². The van der Waals surface area contributed by atoms with Gasteiger partial charge in [-0.15, -0.1) is 0 Å². The Kier molecular flexibility index (Phi) is 6.00. The summed E-state index contributed by atoms with van der Waals surface area (Å²) in [5, 5.41) is 10.7. The van der Waals surface area contributed by atoms with Crippen molar-refractivity contribution in [2.75, 3.05) is 7.11 Å². The predicted octanol–water partition coefficient (Wildman–Crippen LogP) is 5.06. The SMILES string of the molecule is COc1ccc(-c2[nH]c3ccccc3c2CCC(=O)C(C#N)c2nc(C)cc(C)n2)cc1. The standard InChI is InChI=1S/C26H24N4O2/c1-16-14-17(2)29-26(28-16)22(15-27)24(31)13-12-21-20-6-4-5-7-23(20)30-25(21)18-8-10-19(32-3)11-9-18/h4-11,14,22,30H,12-13H2,1-3H3. The van der Waals surface area contributed by atoms with Crippen LogP contribution >= 0.6 is 0 Å². The van der Waals surface area contributed by atoms with E-state index in [-0.39, 0.29) is 18.0 Å². The highest BCUT2D eigenvalue weighted by Crippen LogP contribution is 2.32. The Morgan fingerprint density at radius 3 is 2.44 bits per heavy atom. The monoisotopic (exact) mass is 424 g/mol. The van der Waals surface area contributed by atoms with Crippen LogP contribution < -0.4 is 4.74 Å². The largest absolute Gasteiger partial charge is 0.497 e. The lowest BCUT2D eigenvalue weighted by molar-refractivity contribution is -0.119. The first-order chi connectivity index (χ1) is 15.5. The van der Waals surface area contributed by atoms with E-state index in [1.165, 1.54) is 0 Å². The van der Waals surface area contributed by atoms with Crippen LogP contribution in [0.5, 0.6) is 5.75 Å². The van der Waals surface area contributed by atoms with Crippen LogP contribution in [-0.4, -0.2) is 27.8 Å². The number of nitrogens with zero attached hydrogens (tertiary/aromatic N) is 3. The number of ether oxygens (including phenoxy) is 1. The van der Waals surface area contributed by atoms with Crippen molar-refractivity contribution in [2.45, 2.75) is 32.6 Å². The number of Topliss-reactive ketones (excluding diaryl/α,β-unsaturated/α-hetero) is 1. The number of ketones is 1. The van der Waals surface area contributed by atoms with Crippen molar-refractivity contribution < 1.29 is 9.53 Å². The zero-order valence-corrected chi connectivity index (χ0v) is 18.3. The number of fused-ring (bicyclic) bond motifs is 1. The van der Waals surface area contributed by atoms with Gasteiger partial charge in [-0.25, -0.2) is 9.97 Å². The smallest absolute Gasteiger partial charge is 0.164 e. The van der Waals surface area contributed by atoms with Gasteiger partial charge in [0.2, 0.25) is 0 Å². The van der Waals surface area contributed by atoms with Gasteiger partial charge < -0.3 is 9.72 Å². The van der Waals surface area contributed by atoms with Gasteiger partial charge in [-0.1, -0.05) is 18.2 Å². The molecule has 0 radical (unpaired) electrons. The average Bonchev–Trinajstić information content (AvgIpc) is 3.16. The molecule has 2 aromatic carbocycles. The number of hydrogen-bond donors (Lipinski definition) is 1. The first kappa shape index (κ1) is 21.3. The summed E-state index contributed by atoms with van der Waals surface area (Å²) in [6.45, 7) is 3.67. The number of methoxy groups -OCH3 is 1. The molecule has 0 fully saturated rings. The van der Waals surface area contributed by atoms with Crippen LogP contribution in [0.3, 0.4) is 0 Å². The van der Waals surface area contributed by atoms with Crippen LogP contribution in [0.2, 0.25) is 0 Å². The molecule has 4 rings (SSSR count). The van der Waals surface area contributed by atoms with Gasteiger partial charge in [-0.05, 0) is 67.8 Å². The normalized spacial score (nSPS) is 11.8. The third kappa shape index (κ3) is 4.23. The number of carbonyl (C=O) groups excluding carboxylic acids is 1. The van der Waals surface area contributed by atoms with Crippen LogP contribution in [-0.2, 0) is 11.2 Å². The maximum absolute atomic E-state index is 13.0. The first-order valence-electron chi connectivity index (χ1n) is 10.5. The molecule has 0 aliphatic rings. The minimum absolute atomic E-state index is 0.177. The highest BCUT2D eigenvalue weighted by Gasteiger charge is 2.24. The molecule has 2 aromatic heterocycles. The fourth-order valence-corrected chi connectivity index (χ4v) is 4.01. The number of para-hydroxylation sites is 1. The molecule has 6 nitrogen and oxygen atoms in total. The number of H-pyrrole nitrogens is 1. The molecule has 0 spiro atoms. The summed E-state index contributed by atoms with van der Waals surface area (Å²) in [6.07, 6.45) is 0.729. The zero-order chi connectivity index (χ0) is 22.7. The summed E-state index contributed by atoms with van der Waals surface area (Å²) < 4.78 is 5.27. The molecule has 1 N–H and O–H groups in total. The van der Waals surface area contributed by atoms with Gasteiger partial charge in [-0.3, -0.25) is 4.79 Å². The van der Waals surface area contributed by atoms with Crippen molar-refractivity contribution in [3.63, 3.8) is 0 Å². The van der Waals surface area contributed by atoms with Crippen LogP contribution in [0.1, 0.15) is 35.1 Å². The van der Waals surface area contributed by atoms with E-state index in [0.717, 1.165) is 44.9 Å². The number of aryl methyl sites for hydroxylation is 3. The molecule has 6 heteroatoms. The maximum atomic E-state index is 13.0. The Morgan fingerprint density at radius 2 is 1.78 bits per heavy atom. The molecule has 0 aliphatic heterocycles. The average molecular weight is 425 g/mol. The van der Waals surface area contributed by atoms with Crippen LogP contribution in [0.15, 0.2) is 54.6 Å². The molecule has 0 aliphatic carbocycles. The highest BCUT2D eigenvalue weighted by atomic mass is 16.5. The number of rotatable bonds is 7. The minimum Gasteiger partial charge on any atom is -0.497 e. The van der Waals surface area contributed by atoms with Gasteiger partial charge in [0, 0.05) is 34.4 Å². The third-order valence-electron chi connectivity index (χ3n) is 5.52. The van der Waals surface area contributed by atoms with E-state index in [1.807, 2.05) is 68.4 Å². The van der Waals surface area contributed by atoms with E-state index in [2.05, 4.69) is 21.0 Å². The van der Waals surface area contributed by atoms with Crippen molar-refractivity contribution in [3.8, 4) is 23.1 Å². The molecule has 0 saturated carbocycles. The maximum Gasteiger partial charge on any atom is 0.164 e. The lowest BCUT2D eigenvalue weighted by Crippen LogP contribution is -2.16. The highest BCUT2D eigenvalue weighted by molar-refractivity contribution is 5.92. The Balaban J connectivity index is 1.64. The number of nitriles is 1. The second-order valence-electron chi connectivity index (χ2n) is 7.79. The number of carbonyl (C=O) groups is 1. The number of hydrogen-bond acceptors (Lipinski definition) is 5. The molecular formula is C26H24N4O2. The van der Waals surface area contributed by atoms with Crippen molar-refractivity contribution in [1.82, 2.24) is 15.0 Å². The first-order valence-corrected chi connectivity index (χ1v) is 10.5. The molecular weight excluding hydrogens is 400 g/mol. The minimum atomic E-state index is -0.969. The fourth-order valence-electron chi connectivity index (χ4n) is 4.01. The predicted molar refractivity (Wildman–Crippen MR) is 123 cm³/mol. The molecule has 4 aromatic rings. The fraction of sp³-hybridized carbons (Fsp3) is 0.231. The topological polar surface area (TPSA) is 91.7 Å². The molecule has 32 heavy (non-hydrogen) atoms. The summed E-state index contributed by atoms with van der Waals surface area (Å²) in [4.78, 5) is 25.2. The van der Waals surface area contributed by atoms with Crippen LogP contribution in [0.4, 0.5) is 0 Å². The number of aromatic amines is 1. The van der Waals surface area contributed by atoms with Gasteiger partial charge in [-0.2, -0.15) is 5.26 Å². The van der Waals surface area contributed by atoms with Gasteiger partial charge in [0.05, 0.1) is 13.2 Å².